The van der Waals surface area contributed by atoms with Crippen LogP contribution in [-0.4, -0.2) is 34.0 Å². The van der Waals surface area contributed by atoms with E-state index in [9.17, 15) is 4.79 Å². The maximum atomic E-state index is 10.4. The molecule has 1 heterocycles. The van der Waals surface area contributed by atoms with Crippen molar-refractivity contribution < 1.29 is 24.6 Å². The number of carboxylic acid groups (broad SMARTS) is 2. The summed E-state index contributed by atoms with van der Waals surface area (Å²) in [6.45, 7) is -0.500. The van der Waals surface area contributed by atoms with Crippen LogP contribution in [0.5, 0.6) is 0 Å². The van der Waals surface area contributed by atoms with Gasteiger partial charge >= 0.3 is 0 Å². The predicted molar refractivity (Wildman–Crippen MR) is 50.1 cm³/mol. The van der Waals surface area contributed by atoms with Crippen molar-refractivity contribution in [3.63, 3.8) is 0 Å². The highest BCUT2D eigenvalue weighted by Crippen LogP contribution is 1.88. The Hall–Kier alpha value is -2.44. The van der Waals surface area contributed by atoms with Crippen molar-refractivity contribution in [2.45, 2.75) is 0 Å². The van der Waals surface area contributed by atoms with Crippen LogP contribution in [-0.2, 0) is 9.59 Å². The van der Waals surface area contributed by atoms with Crippen molar-refractivity contribution in [1.29, 1.82) is 0 Å². The number of carbonyl (C=O) groups is 3. The Labute approximate surface area is 85.2 Å². The molecule has 0 radical (unpaired) electrons. The van der Waals surface area contributed by atoms with Crippen LogP contribution in [0.25, 0.3) is 0 Å². The molecule has 15 heavy (non-hydrogen) atoms. The minimum atomic E-state index is -0.490. The highest BCUT2D eigenvalue weighted by molar-refractivity contribution is 5.90. The summed E-state index contributed by atoms with van der Waals surface area (Å²) in [7, 11) is 0. The van der Waals surface area contributed by atoms with Gasteiger partial charge in [0.05, 0.1) is 0 Å². The molecular weight excluding hydrogens is 204 g/mol. The fourth-order valence-electron chi connectivity index (χ4n) is 0.509. The molecule has 7 nitrogen and oxygen atoms in total. The van der Waals surface area contributed by atoms with Gasteiger partial charge in [-0.3, -0.25) is 19.4 Å². The van der Waals surface area contributed by atoms with Crippen molar-refractivity contribution in [2.75, 3.05) is 0 Å². The lowest BCUT2D eigenvalue weighted by atomic mass is 10.3. The molecule has 1 rings (SSSR count). The minimum absolute atomic E-state index is 0.250. The summed E-state index contributed by atoms with van der Waals surface area (Å²) < 4.78 is 0. The maximum Gasteiger partial charge on any atom is 0.290 e. The third-order valence-corrected chi connectivity index (χ3v) is 0.917. The zero-order valence-corrected chi connectivity index (χ0v) is 7.61. The maximum absolute atomic E-state index is 10.4. The number of primary amides is 1. The van der Waals surface area contributed by atoms with Gasteiger partial charge in [-0.1, -0.05) is 6.07 Å². The molecule has 1 aromatic rings. The van der Waals surface area contributed by atoms with Gasteiger partial charge in [-0.2, -0.15) is 0 Å². The SMILES string of the molecule is NC(=O)c1ccccn1.O=CO.O=CO. The van der Waals surface area contributed by atoms with Crippen LogP contribution < -0.4 is 5.73 Å². The van der Waals surface area contributed by atoms with Gasteiger partial charge in [0.1, 0.15) is 5.69 Å². The van der Waals surface area contributed by atoms with E-state index < -0.39 is 5.91 Å². The number of nitrogens with zero attached hydrogens (tertiary/aromatic N) is 1. The fraction of sp³-hybridized carbons (Fsp3) is 0. The molecule has 0 aliphatic carbocycles. The summed E-state index contributed by atoms with van der Waals surface area (Å²) in [6.07, 6.45) is 1.53. The molecule has 0 spiro atoms. The first-order valence-electron chi connectivity index (χ1n) is 3.50. The monoisotopic (exact) mass is 214 g/mol. The molecule has 7 heteroatoms. The lowest BCUT2D eigenvalue weighted by Gasteiger charge is -1.88. The van der Waals surface area contributed by atoms with Crippen molar-refractivity contribution >= 4 is 18.9 Å². The van der Waals surface area contributed by atoms with Gasteiger partial charge in [-0.15, -0.1) is 0 Å². The molecule has 0 saturated carbocycles. The summed E-state index contributed by atoms with van der Waals surface area (Å²) in [6, 6.07) is 5.02. The van der Waals surface area contributed by atoms with Crippen molar-refractivity contribution in [1.82, 2.24) is 4.98 Å². The first-order valence-corrected chi connectivity index (χ1v) is 3.50. The quantitative estimate of drug-likeness (QED) is 0.544. The van der Waals surface area contributed by atoms with E-state index in [1.807, 2.05) is 0 Å². The smallest absolute Gasteiger partial charge is 0.290 e. The number of hydrogen-bond donors (Lipinski definition) is 3. The van der Waals surface area contributed by atoms with Crippen LogP contribution in [0.4, 0.5) is 0 Å². The second-order valence-electron chi connectivity index (χ2n) is 1.79. The Bertz CT molecular complexity index is 282. The largest absolute Gasteiger partial charge is 0.483 e. The van der Waals surface area contributed by atoms with E-state index in [2.05, 4.69) is 4.98 Å². The van der Waals surface area contributed by atoms with Crippen LogP contribution in [0.3, 0.4) is 0 Å². The lowest BCUT2D eigenvalue weighted by Crippen LogP contribution is -2.12. The molecule has 0 unspecified atom stereocenters. The Morgan fingerprint density at radius 3 is 1.93 bits per heavy atom. The average molecular weight is 214 g/mol. The fourth-order valence-corrected chi connectivity index (χ4v) is 0.509. The van der Waals surface area contributed by atoms with E-state index >= 15 is 0 Å². The number of aromatic nitrogens is 1. The second-order valence-corrected chi connectivity index (χ2v) is 1.79. The Balaban J connectivity index is 0. The number of hydrogen-bond acceptors (Lipinski definition) is 4. The molecule has 0 atom stereocenters. The first kappa shape index (κ1) is 15.1. The Morgan fingerprint density at radius 2 is 1.73 bits per heavy atom. The minimum Gasteiger partial charge on any atom is -0.483 e. The van der Waals surface area contributed by atoms with Gasteiger partial charge < -0.3 is 15.9 Å². The van der Waals surface area contributed by atoms with Crippen molar-refractivity contribution in [3.8, 4) is 0 Å². The van der Waals surface area contributed by atoms with E-state index in [1.165, 1.54) is 6.20 Å². The third-order valence-electron chi connectivity index (χ3n) is 0.917. The number of pyridine rings is 1. The highest BCUT2D eigenvalue weighted by Gasteiger charge is 1.95. The molecule has 0 bridgehead atoms. The normalized spacial score (nSPS) is 6.93. The summed E-state index contributed by atoms with van der Waals surface area (Å²) in [4.78, 5) is 30.8. The van der Waals surface area contributed by atoms with Crippen LogP contribution in [0, 0.1) is 0 Å². The predicted octanol–water partition coefficient (Wildman–Crippen LogP) is -0.418. The van der Waals surface area contributed by atoms with E-state index in [0.29, 0.717) is 5.69 Å². The van der Waals surface area contributed by atoms with Gasteiger partial charge in [0.25, 0.3) is 18.9 Å². The average Bonchev–Trinajstić information content (AvgIpc) is 2.21. The number of amides is 1. The van der Waals surface area contributed by atoms with E-state index in [-0.39, 0.29) is 12.9 Å². The van der Waals surface area contributed by atoms with E-state index in [0.717, 1.165) is 0 Å². The third kappa shape index (κ3) is 11.6. The van der Waals surface area contributed by atoms with Crippen LogP contribution in [0.15, 0.2) is 24.4 Å². The number of carbonyl (C=O) groups excluding carboxylic acids is 1. The van der Waals surface area contributed by atoms with Gasteiger partial charge in [0.2, 0.25) is 0 Å². The van der Waals surface area contributed by atoms with E-state index in [1.54, 1.807) is 18.2 Å². The van der Waals surface area contributed by atoms with Crippen LogP contribution in [0.1, 0.15) is 10.5 Å². The first-order chi connectivity index (χ1) is 7.13. The van der Waals surface area contributed by atoms with E-state index in [4.69, 9.17) is 25.5 Å². The molecule has 4 N–H and O–H groups in total. The summed E-state index contributed by atoms with van der Waals surface area (Å²) in [5.41, 5.74) is 5.22. The number of rotatable bonds is 1. The molecule has 0 fully saturated rings. The molecule has 0 aliphatic rings. The molecule has 1 amide bonds. The van der Waals surface area contributed by atoms with Crippen LogP contribution in [0.2, 0.25) is 0 Å². The Morgan fingerprint density at radius 1 is 1.27 bits per heavy atom. The van der Waals surface area contributed by atoms with Gasteiger partial charge in [0.15, 0.2) is 0 Å². The number of nitrogens with two attached hydrogens (primary N) is 1. The summed E-state index contributed by atoms with van der Waals surface area (Å²) in [5.74, 6) is -0.490. The molecule has 0 saturated heterocycles. The zero-order valence-electron chi connectivity index (χ0n) is 7.61. The molecule has 82 valence electrons. The summed E-state index contributed by atoms with van der Waals surface area (Å²) in [5, 5.41) is 13.8. The van der Waals surface area contributed by atoms with Gasteiger partial charge in [-0.25, -0.2) is 0 Å². The highest BCUT2D eigenvalue weighted by atomic mass is 16.3. The van der Waals surface area contributed by atoms with Crippen molar-refractivity contribution in [2.24, 2.45) is 5.73 Å². The summed E-state index contributed by atoms with van der Waals surface area (Å²) >= 11 is 0. The zero-order chi connectivity index (χ0) is 12.1. The standard InChI is InChI=1S/C6H6N2O.2CH2O2/c7-6(9)5-3-1-2-4-8-5;2*2-1-3/h1-4H,(H2,7,9);2*1H,(H,2,3). The Kier molecular flexibility index (Phi) is 11.6. The van der Waals surface area contributed by atoms with Crippen LogP contribution >= 0.6 is 0 Å². The van der Waals surface area contributed by atoms with Crippen molar-refractivity contribution in [3.05, 3.63) is 30.1 Å². The topological polar surface area (TPSA) is 131 Å². The molecule has 0 aromatic carbocycles. The molecule has 0 aliphatic heterocycles. The lowest BCUT2D eigenvalue weighted by molar-refractivity contribution is -0.123. The second kappa shape index (κ2) is 11.6. The molecular formula is C8H10N2O5. The van der Waals surface area contributed by atoms with Gasteiger partial charge in [0, 0.05) is 6.20 Å². The van der Waals surface area contributed by atoms with Gasteiger partial charge in [-0.05, 0) is 12.1 Å². The molecule has 1 aromatic heterocycles.